The van der Waals surface area contributed by atoms with Gasteiger partial charge in [-0.1, -0.05) is 17.3 Å². The zero-order valence-corrected chi connectivity index (χ0v) is 18.9. The number of methoxy groups -OCH3 is 1. The molecule has 4 N–H and O–H groups in total. The summed E-state index contributed by atoms with van der Waals surface area (Å²) in [4.78, 5) is 18.5. The van der Waals surface area contributed by atoms with E-state index in [1.54, 1.807) is 24.3 Å². The first-order valence-corrected chi connectivity index (χ1v) is 10.8. The lowest BCUT2D eigenvalue weighted by atomic mass is 9.79. The minimum atomic E-state index is -1.05. The Morgan fingerprint density at radius 1 is 1.21 bits per heavy atom. The summed E-state index contributed by atoms with van der Waals surface area (Å²) in [5.74, 6) is 0.0738. The van der Waals surface area contributed by atoms with Crippen LogP contribution in [0.15, 0.2) is 41.6 Å². The van der Waals surface area contributed by atoms with Crippen molar-refractivity contribution in [2.45, 2.75) is 31.8 Å². The van der Waals surface area contributed by atoms with Crippen LogP contribution in [0.5, 0.6) is 5.88 Å². The summed E-state index contributed by atoms with van der Waals surface area (Å²) in [6.45, 7) is 1.22. The number of rotatable bonds is 7. The van der Waals surface area contributed by atoms with Crippen LogP contribution in [0.3, 0.4) is 0 Å². The highest BCUT2D eigenvalue weighted by atomic mass is 19.1. The number of hydrogen-bond acceptors (Lipinski definition) is 9. The molecule has 1 aliphatic rings. The van der Waals surface area contributed by atoms with Crippen molar-refractivity contribution in [1.29, 1.82) is 0 Å². The van der Waals surface area contributed by atoms with Gasteiger partial charge in [0.05, 0.1) is 36.5 Å². The molecule has 2 atom stereocenters. The fourth-order valence-electron chi connectivity index (χ4n) is 4.16. The molecule has 0 radical (unpaired) electrons. The van der Waals surface area contributed by atoms with Crippen LogP contribution in [0.25, 0.3) is 11.3 Å². The smallest absolute Gasteiger partial charge is 0.220 e. The molecule has 0 saturated heterocycles. The number of nitrogens with zero attached hydrogens (tertiary/aromatic N) is 4. The Balaban J connectivity index is 1.77. The Kier molecular flexibility index (Phi) is 6.99. The third-order valence-electron chi connectivity index (χ3n) is 5.67. The predicted octanol–water partition coefficient (Wildman–Crippen LogP) is 2.38. The fourth-order valence-corrected chi connectivity index (χ4v) is 4.16. The molecule has 2 aromatic heterocycles. The van der Waals surface area contributed by atoms with E-state index in [2.05, 4.69) is 20.1 Å². The number of pyridine rings is 1. The number of aromatic nitrogens is 3. The SMILES string of the molecule is COc1cccc(-c2cc(F)ccc2[C@H]2C/C(=N\OC[C@@H](O)CO)c3c(C)nc(N)nc3C2)n1. The molecule has 2 heterocycles. The first-order chi connectivity index (χ1) is 16.4. The minimum Gasteiger partial charge on any atom is -0.481 e. The van der Waals surface area contributed by atoms with Crippen LogP contribution >= 0.6 is 0 Å². The van der Waals surface area contributed by atoms with Crippen molar-refractivity contribution in [3.8, 4) is 17.1 Å². The van der Waals surface area contributed by atoms with E-state index in [-0.39, 0.29) is 24.3 Å². The maximum absolute atomic E-state index is 14.3. The summed E-state index contributed by atoms with van der Waals surface area (Å²) in [7, 11) is 1.53. The average Bonchev–Trinajstić information content (AvgIpc) is 2.83. The first-order valence-electron chi connectivity index (χ1n) is 10.8. The van der Waals surface area contributed by atoms with Crippen LogP contribution < -0.4 is 10.5 Å². The van der Waals surface area contributed by atoms with Gasteiger partial charge in [-0.2, -0.15) is 0 Å². The van der Waals surface area contributed by atoms with E-state index in [1.165, 1.54) is 19.2 Å². The summed E-state index contributed by atoms with van der Waals surface area (Å²) in [6, 6.07) is 9.94. The molecule has 0 fully saturated rings. The second kappa shape index (κ2) is 10.1. The van der Waals surface area contributed by atoms with Crippen LogP contribution in [-0.4, -0.2) is 57.3 Å². The molecule has 34 heavy (non-hydrogen) atoms. The molecule has 0 aliphatic heterocycles. The Morgan fingerprint density at radius 2 is 2.03 bits per heavy atom. The van der Waals surface area contributed by atoms with Gasteiger partial charge in [0.2, 0.25) is 11.8 Å². The van der Waals surface area contributed by atoms with E-state index in [0.717, 1.165) is 11.1 Å². The topological polar surface area (TPSA) is 136 Å². The number of hydrogen-bond donors (Lipinski definition) is 3. The number of fused-ring (bicyclic) bond motifs is 1. The van der Waals surface area contributed by atoms with Crippen LogP contribution in [0.2, 0.25) is 0 Å². The van der Waals surface area contributed by atoms with Crippen molar-refractivity contribution in [3.63, 3.8) is 0 Å². The standard InChI is InChI=1S/C24H26FN5O4/c1-13-23-20(29-24(26)27-13)8-14(9-21(23)30-34-12-16(32)11-31)17-7-6-15(25)10-18(17)19-4-3-5-22(28-19)33-2/h3-7,10,14,16,31-32H,8-9,11-12H2,1-2H3,(H2,26,27,29)/b30-21+/t14-,16+/m1/s1. The monoisotopic (exact) mass is 467 g/mol. The van der Waals surface area contributed by atoms with Gasteiger partial charge in [0.15, 0.2) is 0 Å². The number of ether oxygens (including phenoxy) is 1. The Bertz CT molecular complexity index is 1220. The van der Waals surface area contributed by atoms with E-state index in [1.807, 2.05) is 6.92 Å². The van der Waals surface area contributed by atoms with Crippen LogP contribution in [-0.2, 0) is 11.3 Å². The molecule has 0 unspecified atom stereocenters. The molecule has 0 spiro atoms. The zero-order valence-electron chi connectivity index (χ0n) is 18.9. The third kappa shape index (κ3) is 4.97. The highest BCUT2D eigenvalue weighted by Crippen LogP contribution is 2.38. The number of oxime groups is 1. The minimum absolute atomic E-state index is 0.130. The molecule has 1 aliphatic carbocycles. The fraction of sp³-hybridized carbons (Fsp3) is 0.333. The number of aryl methyl sites for hydroxylation is 1. The van der Waals surface area contributed by atoms with E-state index in [9.17, 15) is 9.50 Å². The lowest BCUT2D eigenvalue weighted by Gasteiger charge is -2.28. The number of anilines is 1. The third-order valence-corrected chi connectivity index (χ3v) is 5.67. The summed E-state index contributed by atoms with van der Waals surface area (Å²) < 4.78 is 19.5. The van der Waals surface area contributed by atoms with Gasteiger partial charge in [-0.3, -0.25) is 0 Å². The van der Waals surface area contributed by atoms with E-state index in [4.69, 9.17) is 20.4 Å². The van der Waals surface area contributed by atoms with Crippen molar-refractivity contribution in [2.75, 3.05) is 26.1 Å². The van der Waals surface area contributed by atoms with Gasteiger partial charge in [-0.05, 0) is 43.0 Å². The molecule has 10 heteroatoms. The summed E-state index contributed by atoms with van der Waals surface area (Å²) >= 11 is 0. The van der Waals surface area contributed by atoms with E-state index < -0.39 is 12.7 Å². The van der Waals surface area contributed by atoms with Gasteiger partial charge < -0.3 is 25.5 Å². The van der Waals surface area contributed by atoms with Gasteiger partial charge >= 0.3 is 0 Å². The second-order valence-corrected chi connectivity index (χ2v) is 8.06. The van der Waals surface area contributed by atoms with Crippen LogP contribution in [0.4, 0.5) is 10.3 Å². The molecule has 178 valence electrons. The molecule has 0 amide bonds. The summed E-state index contributed by atoms with van der Waals surface area (Å²) in [5.41, 5.74) is 10.7. The largest absolute Gasteiger partial charge is 0.481 e. The lowest BCUT2D eigenvalue weighted by molar-refractivity contribution is 0.00812. The predicted molar refractivity (Wildman–Crippen MR) is 124 cm³/mol. The van der Waals surface area contributed by atoms with E-state index in [0.29, 0.717) is 47.1 Å². The van der Waals surface area contributed by atoms with Gasteiger partial charge in [0.25, 0.3) is 0 Å². The molecular formula is C24H26FN5O4. The highest BCUT2D eigenvalue weighted by molar-refractivity contribution is 6.03. The second-order valence-electron chi connectivity index (χ2n) is 8.06. The quantitative estimate of drug-likeness (QED) is 0.451. The number of halogens is 1. The maximum Gasteiger partial charge on any atom is 0.220 e. The Morgan fingerprint density at radius 3 is 2.79 bits per heavy atom. The van der Waals surface area contributed by atoms with Crippen molar-refractivity contribution >= 4 is 11.7 Å². The number of nitrogens with two attached hydrogens (primary N) is 1. The van der Waals surface area contributed by atoms with Gasteiger partial charge in [-0.15, -0.1) is 0 Å². The lowest BCUT2D eigenvalue weighted by Crippen LogP contribution is -2.25. The highest BCUT2D eigenvalue weighted by Gasteiger charge is 2.31. The number of aliphatic hydroxyl groups is 2. The average molecular weight is 468 g/mol. The molecule has 0 saturated carbocycles. The molecule has 4 rings (SSSR count). The van der Waals surface area contributed by atoms with Gasteiger partial charge in [0.1, 0.15) is 18.5 Å². The van der Waals surface area contributed by atoms with Crippen molar-refractivity contribution < 1.29 is 24.2 Å². The number of nitrogen functional groups attached to an aromatic ring is 1. The normalized spacial score (nSPS) is 17.3. The molecular weight excluding hydrogens is 441 g/mol. The zero-order chi connectivity index (χ0) is 24.2. The number of benzene rings is 1. The van der Waals surface area contributed by atoms with Gasteiger partial charge in [-0.25, -0.2) is 19.3 Å². The summed E-state index contributed by atoms with van der Waals surface area (Å²) in [5, 5.41) is 22.9. The van der Waals surface area contributed by atoms with Crippen molar-refractivity contribution in [2.24, 2.45) is 5.16 Å². The van der Waals surface area contributed by atoms with Crippen molar-refractivity contribution in [3.05, 3.63) is 64.7 Å². The van der Waals surface area contributed by atoms with Crippen LogP contribution in [0, 0.1) is 12.7 Å². The molecule has 9 nitrogen and oxygen atoms in total. The Labute approximate surface area is 196 Å². The maximum atomic E-state index is 14.3. The number of aliphatic hydroxyl groups excluding tert-OH is 2. The van der Waals surface area contributed by atoms with Crippen molar-refractivity contribution in [1.82, 2.24) is 15.0 Å². The van der Waals surface area contributed by atoms with E-state index >= 15 is 0 Å². The Hall–Kier alpha value is -3.63. The van der Waals surface area contributed by atoms with Gasteiger partial charge in [0, 0.05) is 23.6 Å². The van der Waals surface area contributed by atoms with Crippen LogP contribution in [0.1, 0.15) is 34.9 Å². The molecule has 3 aromatic rings. The molecule has 0 bridgehead atoms. The summed E-state index contributed by atoms with van der Waals surface area (Å²) in [6.07, 6.45) is -0.0577. The molecule has 1 aromatic carbocycles. The first kappa shape index (κ1) is 23.5.